The van der Waals surface area contributed by atoms with Crippen LogP contribution in [0.3, 0.4) is 0 Å². The molecule has 0 fully saturated rings. The molecule has 3 amide bonds. The molecule has 0 aromatic heterocycles. The molecule has 2 heterocycles. The predicted octanol–water partition coefficient (Wildman–Crippen LogP) is 3.76. The number of phenols is 1. The third-order valence-corrected chi connectivity index (χ3v) is 6.35. The molecule has 0 aliphatic carbocycles. The van der Waals surface area contributed by atoms with Gasteiger partial charge in [0, 0.05) is 30.6 Å². The van der Waals surface area contributed by atoms with Gasteiger partial charge in [0.05, 0.1) is 5.69 Å². The van der Waals surface area contributed by atoms with Crippen LogP contribution in [0.15, 0.2) is 54.6 Å². The summed E-state index contributed by atoms with van der Waals surface area (Å²) >= 11 is 0. The number of carbonyl (C=O) groups excluding carboxylic acids is 3. The fraction of sp³-hybridized carbons (Fsp3) is 0.192. The van der Waals surface area contributed by atoms with Gasteiger partial charge in [-0.25, -0.2) is 8.78 Å². The molecule has 2 aliphatic heterocycles. The summed E-state index contributed by atoms with van der Waals surface area (Å²) in [6.07, 6.45) is 1.01. The Bertz CT molecular complexity index is 1370. The highest BCUT2D eigenvalue weighted by atomic mass is 19.2. The highest BCUT2D eigenvalue weighted by Crippen LogP contribution is 2.30. The number of phenolic OH excluding ortho intramolecular Hbond substituents is 1. The number of amides is 3. The van der Waals surface area contributed by atoms with Crippen LogP contribution in [0.5, 0.6) is 5.75 Å². The number of fused-ring (bicyclic) bond motifs is 2. The van der Waals surface area contributed by atoms with Gasteiger partial charge in [-0.2, -0.15) is 0 Å². The molecule has 2 aliphatic rings. The van der Waals surface area contributed by atoms with Gasteiger partial charge in [0.1, 0.15) is 11.8 Å². The Kier molecular flexibility index (Phi) is 5.68. The molecule has 3 N–H and O–H groups in total. The van der Waals surface area contributed by atoms with Crippen LogP contribution in [0, 0.1) is 11.6 Å². The number of hydrogen-bond acceptors (Lipinski definition) is 4. The second-order valence-corrected chi connectivity index (χ2v) is 8.62. The molecule has 0 saturated carbocycles. The van der Waals surface area contributed by atoms with E-state index in [1.54, 1.807) is 24.3 Å². The molecule has 3 aromatic rings. The molecule has 0 bridgehead atoms. The second kappa shape index (κ2) is 8.83. The zero-order valence-corrected chi connectivity index (χ0v) is 18.5. The second-order valence-electron chi connectivity index (χ2n) is 8.62. The lowest BCUT2D eigenvalue weighted by Gasteiger charge is -2.36. The minimum atomic E-state index is -1.20. The smallest absolute Gasteiger partial charge is 0.254 e. The molecule has 7 nitrogen and oxygen atoms in total. The first-order valence-electron chi connectivity index (χ1n) is 11.1. The Hall–Kier alpha value is -4.27. The Morgan fingerprint density at radius 1 is 1.00 bits per heavy atom. The predicted molar refractivity (Wildman–Crippen MR) is 124 cm³/mol. The number of aryl methyl sites for hydroxylation is 1. The lowest BCUT2D eigenvalue weighted by atomic mass is 9.92. The number of halogens is 2. The van der Waals surface area contributed by atoms with Gasteiger partial charge in [0.2, 0.25) is 11.8 Å². The molecule has 1 atom stereocenters. The van der Waals surface area contributed by atoms with Crippen molar-refractivity contribution in [2.75, 3.05) is 10.6 Å². The highest BCUT2D eigenvalue weighted by Gasteiger charge is 2.36. The SMILES string of the molecule is O=C1CCc2ccc(C(=O)N3Cc4ccc(O)cc4CC3C(=O)Nc3cccc(F)c3F)cc2N1. The van der Waals surface area contributed by atoms with Gasteiger partial charge in [-0.3, -0.25) is 14.4 Å². The molecule has 35 heavy (non-hydrogen) atoms. The number of benzene rings is 3. The monoisotopic (exact) mass is 477 g/mol. The standard InChI is InChI=1S/C26H21F2N3O4/c27-19-2-1-3-20(24(19)28)30-25(34)22-12-17-10-18(32)8-6-16(17)13-31(22)26(35)15-5-4-14-7-9-23(33)29-21(14)11-15/h1-6,8,10-11,22,32H,7,9,12-13H2,(H,29,33)(H,30,34). The first kappa shape index (κ1) is 22.5. The fourth-order valence-electron chi connectivity index (χ4n) is 4.50. The number of carbonyl (C=O) groups is 3. The zero-order valence-electron chi connectivity index (χ0n) is 18.5. The van der Waals surface area contributed by atoms with E-state index >= 15 is 0 Å². The van der Waals surface area contributed by atoms with Crippen LogP contribution in [-0.2, 0) is 29.0 Å². The highest BCUT2D eigenvalue weighted by molar-refractivity contribution is 6.03. The molecular weight excluding hydrogens is 456 g/mol. The summed E-state index contributed by atoms with van der Waals surface area (Å²) in [5.41, 5.74) is 2.84. The molecule has 0 saturated heterocycles. The summed E-state index contributed by atoms with van der Waals surface area (Å²) in [4.78, 5) is 40.0. The van der Waals surface area contributed by atoms with Crippen LogP contribution in [0.25, 0.3) is 0 Å². The van der Waals surface area contributed by atoms with Gasteiger partial charge in [0.25, 0.3) is 5.91 Å². The number of nitrogens with zero attached hydrogens (tertiary/aromatic N) is 1. The van der Waals surface area contributed by atoms with Crippen LogP contribution in [0.4, 0.5) is 20.2 Å². The lowest BCUT2D eigenvalue weighted by molar-refractivity contribution is -0.121. The number of aromatic hydroxyl groups is 1. The largest absolute Gasteiger partial charge is 0.508 e. The van der Waals surface area contributed by atoms with Crippen molar-refractivity contribution >= 4 is 29.1 Å². The van der Waals surface area contributed by atoms with Gasteiger partial charge in [-0.15, -0.1) is 0 Å². The number of anilines is 2. The molecule has 0 spiro atoms. The van der Waals surface area contributed by atoms with Gasteiger partial charge in [0.15, 0.2) is 11.6 Å². The summed E-state index contributed by atoms with van der Waals surface area (Å²) < 4.78 is 27.9. The molecule has 9 heteroatoms. The van der Waals surface area contributed by atoms with Crippen molar-refractivity contribution in [2.24, 2.45) is 0 Å². The quantitative estimate of drug-likeness (QED) is 0.535. The Morgan fingerprint density at radius 2 is 1.80 bits per heavy atom. The van der Waals surface area contributed by atoms with Gasteiger partial charge in [-0.1, -0.05) is 18.2 Å². The van der Waals surface area contributed by atoms with Crippen LogP contribution in [0.2, 0.25) is 0 Å². The van der Waals surface area contributed by atoms with E-state index in [2.05, 4.69) is 10.6 Å². The van der Waals surface area contributed by atoms with Crippen molar-refractivity contribution in [2.45, 2.75) is 31.8 Å². The van der Waals surface area contributed by atoms with E-state index in [4.69, 9.17) is 0 Å². The third kappa shape index (κ3) is 4.32. The van der Waals surface area contributed by atoms with E-state index in [1.165, 1.54) is 29.2 Å². The van der Waals surface area contributed by atoms with E-state index in [1.807, 2.05) is 0 Å². The van der Waals surface area contributed by atoms with Crippen LogP contribution in [0.1, 0.15) is 33.5 Å². The fourth-order valence-corrected chi connectivity index (χ4v) is 4.50. The number of rotatable bonds is 3. The van der Waals surface area contributed by atoms with Crippen LogP contribution < -0.4 is 10.6 Å². The van der Waals surface area contributed by atoms with E-state index in [-0.39, 0.29) is 35.9 Å². The van der Waals surface area contributed by atoms with Crippen molar-refractivity contribution in [3.05, 3.63) is 88.5 Å². The van der Waals surface area contributed by atoms with Crippen molar-refractivity contribution in [1.29, 1.82) is 0 Å². The van der Waals surface area contributed by atoms with Crippen molar-refractivity contribution < 1.29 is 28.3 Å². The summed E-state index contributed by atoms with van der Waals surface area (Å²) in [5, 5.41) is 15.1. The minimum absolute atomic E-state index is 0.0179. The normalized spacial score (nSPS) is 16.7. The van der Waals surface area contributed by atoms with Gasteiger partial charge >= 0.3 is 0 Å². The van der Waals surface area contributed by atoms with Crippen molar-refractivity contribution in [3.63, 3.8) is 0 Å². The summed E-state index contributed by atoms with van der Waals surface area (Å²) in [6.45, 7) is 0.0710. The van der Waals surface area contributed by atoms with E-state index in [0.717, 1.165) is 17.2 Å². The first-order chi connectivity index (χ1) is 16.8. The van der Waals surface area contributed by atoms with E-state index in [0.29, 0.717) is 24.1 Å². The summed E-state index contributed by atoms with van der Waals surface area (Å²) in [5.74, 6) is -3.56. The van der Waals surface area contributed by atoms with Crippen LogP contribution in [-0.4, -0.2) is 33.8 Å². The Balaban J connectivity index is 1.49. The summed E-state index contributed by atoms with van der Waals surface area (Å²) in [7, 11) is 0. The summed E-state index contributed by atoms with van der Waals surface area (Å²) in [6, 6.07) is 12.1. The molecular formula is C26H21F2N3O4. The average molecular weight is 477 g/mol. The topological polar surface area (TPSA) is 98.7 Å². The third-order valence-electron chi connectivity index (χ3n) is 6.35. The van der Waals surface area contributed by atoms with Crippen molar-refractivity contribution in [1.82, 2.24) is 4.90 Å². The molecule has 178 valence electrons. The molecule has 0 radical (unpaired) electrons. The van der Waals surface area contributed by atoms with Gasteiger partial charge in [-0.05, 0) is 59.5 Å². The maximum atomic E-state index is 14.2. The van der Waals surface area contributed by atoms with Gasteiger partial charge < -0.3 is 20.6 Å². The molecule has 1 unspecified atom stereocenters. The number of hydrogen-bond donors (Lipinski definition) is 3. The van der Waals surface area contributed by atoms with Crippen molar-refractivity contribution in [3.8, 4) is 5.75 Å². The Morgan fingerprint density at radius 3 is 2.63 bits per heavy atom. The molecule has 5 rings (SSSR count). The maximum absolute atomic E-state index is 14.2. The minimum Gasteiger partial charge on any atom is -0.508 e. The zero-order chi connectivity index (χ0) is 24.7. The lowest BCUT2D eigenvalue weighted by Crippen LogP contribution is -2.50. The average Bonchev–Trinajstić information content (AvgIpc) is 2.85. The van der Waals surface area contributed by atoms with E-state index < -0.39 is 29.5 Å². The number of nitrogens with one attached hydrogen (secondary N) is 2. The van der Waals surface area contributed by atoms with E-state index in [9.17, 15) is 28.3 Å². The van der Waals surface area contributed by atoms with Crippen LogP contribution >= 0.6 is 0 Å². The molecule has 3 aromatic carbocycles. The maximum Gasteiger partial charge on any atom is 0.254 e. The first-order valence-corrected chi connectivity index (χ1v) is 11.1. The Labute approximate surface area is 199 Å².